The summed E-state index contributed by atoms with van der Waals surface area (Å²) >= 11 is 5.79. The van der Waals surface area contributed by atoms with Gasteiger partial charge in [0.2, 0.25) is 0 Å². The molecule has 0 unspecified atom stereocenters. The van der Waals surface area contributed by atoms with Crippen molar-refractivity contribution in [3.05, 3.63) is 29.3 Å². The molecular formula is C14H20ClNO3. The molecule has 0 aromatic heterocycles. The van der Waals surface area contributed by atoms with E-state index >= 15 is 0 Å². The van der Waals surface area contributed by atoms with E-state index in [1.807, 2.05) is 0 Å². The van der Waals surface area contributed by atoms with E-state index in [0.717, 1.165) is 6.42 Å². The second-order valence-electron chi connectivity index (χ2n) is 4.32. The van der Waals surface area contributed by atoms with Gasteiger partial charge in [-0.1, -0.05) is 11.6 Å². The third kappa shape index (κ3) is 5.49. The van der Waals surface area contributed by atoms with E-state index in [1.54, 1.807) is 50.2 Å². The molecule has 1 rings (SSSR count). The third-order valence-electron chi connectivity index (χ3n) is 2.69. The molecule has 0 N–H and O–H groups in total. The molecule has 1 atom stereocenters. The van der Waals surface area contributed by atoms with Crippen LogP contribution in [0.1, 0.15) is 13.3 Å². The second kappa shape index (κ2) is 8.02. The molecule has 0 aliphatic heterocycles. The average molecular weight is 286 g/mol. The summed E-state index contributed by atoms with van der Waals surface area (Å²) in [6, 6.07) is 6.96. The lowest BCUT2D eigenvalue weighted by atomic mass is 10.3. The summed E-state index contributed by atoms with van der Waals surface area (Å²) in [5.74, 6) is 0.585. The number of hydrogen-bond donors (Lipinski definition) is 0. The molecule has 1 amide bonds. The number of carbonyl (C=O) groups excluding carboxylic acids is 1. The number of nitrogens with zero attached hydrogens (tertiary/aromatic N) is 1. The van der Waals surface area contributed by atoms with E-state index in [4.69, 9.17) is 21.1 Å². The number of rotatable bonds is 7. The molecule has 0 saturated carbocycles. The Labute approximate surface area is 119 Å². The highest BCUT2D eigenvalue weighted by atomic mass is 35.5. The number of halogens is 1. The number of ether oxygens (including phenoxy) is 2. The third-order valence-corrected chi connectivity index (χ3v) is 2.94. The molecule has 19 heavy (non-hydrogen) atoms. The molecule has 106 valence electrons. The van der Waals surface area contributed by atoms with Crippen LogP contribution >= 0.6 is 11.6 Å². The van der Waals surface area contributed by atoms with Crippen LogP contribution in [0.25, 0.3) is 0 Å². The fourth-order valence-corrected chi connectivity index (χ4v) is 1.76. The Balaban J connectivity index is 2.45. The van der Waals surface area contributed by atoms with E-state index in [9.17, 15) is 4.79 Å². The van der Waals surface area contributed by atoms with Crippen LogP contribution in [0.4, 0.5) is 0 Å². The zero-order valence-corrected chi connectivity index (χ0v) is 12.3. The Bertz CT molecular complexity index is 394. The highest BCUT2D eigenvalue weighted by Crippen LogP contribution is 2.17. The number of amides is 1. The van der Waals surface area contributed by atoms with Gasteiger partial charge in [0.25, 0.3) is 5.91 Å². The fraction of sp³-hybridized carbons (Fsp3) is 0.500. The van der Waals surface area contributed by atoms with Crippen molar-refractivity contribution in [3.8, 4) is 5.75 Å². The van der Waals surface area contributed by atoms with E-state index < -0.39 is 6.10 Å². The van der Waals surface area contributed by atoms with Crippen molar-refractivity contribution in [3.63, 3.8) is 0 Å². The predicted octanol–water partition coefficient (Wildman–Crippen LogP) is 2.60. The predicted molar refractivity (Wildman–Crippen MR) is 75.7 cm³/mol. The van der Waals surface area contributed by atoms with Crippen LogP contribution in [0.5, 0.6) is 5.75 Å². The lowest BCUT2D eigenvalue weighted by Gasteiger charge is -2.22. The lowest BCUT2D eigenvalue weighted by Crippen LogP contribution is -2.38. The monoisotopic (exact) mass is 285 g/mol. The van der Waals surface area contributed by atoms with Crippen LogP contribution in [0.3, 0.4) is 0 Å². The second-order valence-corrected chi connectivity index (χ2v) is 4.76. The minimum atomic E-state index is -0.520. The van der Waals surface area contributed by atoms with Crippen molar-refractivity contribution < 1.29 is 14.3 Å². The van der Waals surface area contributed by atoms with Gasteiger partial charge < -0.3 is 14.4 Å². The van der Waals surface area contributed by atoms with Crippen molar-refractivity contribution in [2.45, 2.75) is 19.4 Å². The standard InChI is InChI=1S/C14H20ClNO3/c1-11(14(17)16(2)9-4-10-18-3)19-13-7-5-12(15)6-8-13/h5-8,11H,4,9-10H2,1-3H3/t11-/m1/s1. The van der Waals surface area contributed by atoms with E-state index in [1.165, 1.54) is 0 Å². The highest BCUT2D eigenvalue weighted by Gasteiger charge is 2.18. The van der Waals surface area contributed by atoms with Crippen LogP contribution in [0, 0.1) is 0 Å². The van der Waals surface area contributed by atoms with Gasteiger partial charge in [-0.25, -0.2) is 0 Å². The smallest absolute Gasteiger partial charge is 0.263 e. The highest BCUT2D eigenvalue weighted by molar-refractivity contribution is 6.30. The van der Waals surface area contributed by atoms with Crippen molar-refractivity contribution in [2.24, 2.45) is 0 Å². The molecule has 1 aromatic rings. The molecule has 0 fully saturated rings. The molecule has 0 spiro atoms. The quantitative estimate of drug-likeness (QED) is 0.723. The largest absolute Gasteiger partial charge is 0.481 e. The van der Waals surface area contributed by atoms with Gasteiger partial charge >= 0.3 is 0 Å². The van der Waals surface area contributed by atoms with Crippen molar-refractivity contribution in [2.75, 3.05) is 27.3 Å². The van der Waals surface area contributed by atoms with Crippen molar-refractivity contribution in [1.82, 2.24) is 4.90 Å². The van der Waals surface area contributed by atoms with Crippen molar-refractivity contribution >= 4 is 17.5 Å². The van der Waals surface area contributed by atoms with Gasteiger partial charge in [0.05, 0.1) is 0 Å². The Hall–Kier alpha value is -1.26. The number of carbonyl (C=O) groups is 1. The summed E-state index contributed by atoms with van der Waals surface area (Å²) in [4.78, 5) is 13.7. The molecule has 0 aliphatic carbocycles. The molecule has 4 nitrogen and oxygen atoms in total. The first-order valence-corrected chi connectivity index (χ1v) is 6.58. The normalized spacial score (nSPS) is 12.0. The minimum absolute atomic E-state index is 0.0500. The maximum atomic E-state index is 12.0. The van der Waals surface area contributed by atoms with Gasteiger partial charge in [-0.2, -0.15) is 0 Å². The summed E-state index contributed by atoms with van der Waals surface area (Å²) in [6.07, 6.45) is 0.292. The summed E-state index contributed by atoms with van der Waals surface area (Å²) in [5, 5.41) is 0.642. The number of benzene rings is 1. The molecule has 0 heterocycles. The average Bonchev–Trinajstić information content (AvgIpc) is 2.40. The van der Waals surface area contributed by atoms with E-state index in [0.29, 0.717) is 23.9 Å². The molecule has 0 aliphatic rings. The Morgan fingerprint density at radius 2 is 2.00 bits per heavy atom. The number of methoxy groups -OCH3 is 1. The lowest BCUT2D eigenvalue weighted by molar-refractivity contribution is -0.136. The summed E-state index contributed by atoms with van der Waals surface area (Å²) in [7, 11) is 3.41. The minimum Gasteiger partial charge on any atom is -0.481 e. The van der Waals surface area contributed by atoms with Gasteiger partial charge in [-0.05, 0) is 37.6 Å². The first kappa shape index (κ1) is 15.8. The fourth-order valence-electron chi connectivity index (χ4n) is 1.63. The van der Waals surface area contributed by atoms with E-state index in [-0.39, 0.29) is 5.91 Å². The summed E-state index contributed by atoms with van der Waals surface area (Å²) in [6.45, 7) is 3.04. The van der Waals surface area contributed by atoms with Gasteiger partial charge in [0.15, 0.2) is 6.10 Å². The molecule has 0 bridgehead atoms. The summed E-state index contributed by atoms with van der Waals surface area (Å²) in [5.41, 5.74) is 0. The van der Waals surface area contributed by atoms with Gasteiger partial charge in [0, 0.05) is 32.3 Å². The van der Waals surface area contributed by atoms with Gasteiger partial charge in [-0.3, -0.25) is 4.79 Å². The van der Waals surface area contributed by atoms with Crippen LogP contribution < -0.4 is 4.74 Å². The van der Waals surface area contributed by atoms with Gasteiger partial charge in [-0.15, -0.1) is 0 Å². The zero-order valence-electron chi connectivity index (χ0n) is 11.6. The first-order valence-electron chi connectivity index (χ1n) is 6.20. The molecule has 0 saturated heterocycles. The molecule has 1 aromatic carbocycles. The van der Waals surface area contributed by atoms with Crippen molar-refractivity contribution in [1.29, 1.82) is 0 Å². The van der Waals surface area contributed by atoms with Crippen LogP contribution in [0.15, 0.2) is 24.3 Å². The number of likely N-dealkylation sites (N-methyl/N-ethyl adjacent to an activating group) is 1. The Kier molecular flexibility index (Phi) is 6.67. The number of hydrogen-bond acceptors (Lipinski definition) is 3. The molecule has 5 heteroatoms. The molecular weight excluding hydrogens is 266 g/mol. The van der Waals surface area contributed by atoms with E-state index in [2.05, 4.69) is 0 Å². The Morgan fingerprint density at radius 1 is 1.37 bits per heavy atom. The van der Waals surface area contributed by atoms with Crippen LogP contribution in [-0.2, 0) is 9.53 Å². The maximum absolute atomic E-state index is 12.0. The first-order chi connectivity index (χ1) is 9.04. The van der Waals surface area contributed by atoms with Crippen LogP contribution in [0.2, 0.25) is 5.02 Å². The van der Waals surface area contributed by atoms with Crippen LogP contribution in [-0.4, -0.2) is 44.2 Å². The summed E-state index contributed by atoms with van der Waals surface area (Å²) < 4.78 is 10.5. The molecule has 0 radical (unpaired) electrons. The maximum Gasteiger partial charge on any atom is 0.263 e. The SMILES string of the molecule is COCCCN(C)C(=O)[C@@H](C)Oc1ccc(Cl)cc1. The topological polar surface area (TPSA) is 38.8 Å². The Morgan fingerprint density at radius 3 is 2.58 bits per heavy atom. The van der Waals surface area contributed by atoms with Gasteiger partial charge in [0.1, 0.15) is 5.75 Å². The zero-order chi connectivity index (χ0) is 14.3.